The minimum Gasteiger partial charge on any atom is -0.497 e. The van der Waals surface area contributed by atoms with Crippen LogP contribution in [-0.2, 0) is 14.8 Å². The number of rotatable bonds is 10. The van der Waals surface area contributed by atoms with Gasteiger partial charge in [-0.3, -0.25) is 14.4 Å². The summed E-state index contributed by atoms with van der Waals surface area (Å²) >= 11 is 0. The van der Waals surface area contributed by atoms with E-state index in [1.807, 2.05) is 42.5 Å². The molecule has 10 heteroatoms. The Labute approximate surface area is 213 Å². The van der Waals surface area contributed by atoms with Gasteiger partial charge in [0.1, 0.15) is 18.1 Å². The van der Waals surface area contributed by atoms with Crippen LogP contribution < -0.4 is 24.4 Å². The van der Waals surface area contributed by atoms with E-state index >= 15 is 0 Å². The van der Waals surface area contributed by atoms with E-state index in [-0.39, 0.29) is 12.5 Å². The maximum atomic E-state index is 12.6. The van der Waals surface area contributed by atoms with E-state index in [2.05, 4.69) is 19.8 Å². The third kappa shape index (κ3) is 7.14. The molecule has 0 aromatic heterocycles. The van der Waals surface area contributed by atoms with E-state index in [1.54, 1.807) is 13.2 Å². The van der Waals surface area contributed by atoms with Gasteiger partial charge in [-0.15, -0.1) is 0 Å². The lowest BCUT2D eigenvalue weighted by atomic mass is 10.1. The van der Waals surface area contributed by atoms with Gasteiger partial charge in [-0.2, -0.15) is 0 Å². The van der Waals surface area contributed by atoms with Crippen molar-refractivity contribution in [3.8, 4) is 11.5 Å². The summed E-state index contributed by atoms with van der Waals surface area (Å²) in [5, 5.41) is 3.01. The van der Waals surface area contributed by atoms with Crippen LogP contribution >= 0.6 is 0 Å². The highest BCUT2D eigenvalue weighted by atomic mass is 32.2. The van der Waals surface area contributed by atoms with Gasteiger partial charge in [-0.25, -0.2) is 8.42 Å². The van der Waals surface area contributed by atoms with E-state index in [0.717, 1.165) is 74.6 Å². The molecule has 0 aliphatic carbocycles. The lowest BCUT2D eigenvalue weighted by Gasteiger charge is -2.36. The summed E-state index contributed by atoms with van der Waals surface area (Å²) in [6.07, 6.45) is 4.93. The first-order valence-electron chi connectivity index (χ1n) is 12.2. The molecule has 0 atom stereocenters. The number of benzene rings is 2. The number of nitrogens with zero attached hydrogens (tertiary/aromatic N) is 2. The van der Waals surface area contributed by atoms with Gasteiger partial charge < -0.3 is 19.7 Å². The van der Waals surface area contributed by atoms with Crippen molar-refractivity contribution in [1.29, 1.82) is 0 Å². The summed E-state index contributed by atoms with van der Waals surface area (Å²) in [6.45, 7) is 5.55. The molecule has 0 radical (unpaired) electrons. The van der Waals surface area contributed by atoms with Gasteiger partial charge in [0.25, 0.3) is 5.91 Å². The molecule has 2 aromatic carbocycles. The summed E-state index contributed by atoms with van der Waals surface area (Å²) in [7, 11) is -1.68. The Hall–Kier alpha value is -3.24. The number of carbonyl (C=O) groups excluding carboxylic acids is 1. The maximum Gasteiger partial charge on any atom is 0.250 e. The summed E-state index contributed by atoms with van der Waals surface area (Å²) in [5.41, 5.74) is 3.07. The van der Waals surface area contributed by atoms with Gasteiger partial charge in [0.2, 0.25) is 10.0 Å². The van der Waals surface area contributed by atoms with Gasteiger partial charge in [0.05, 0.1) is 24.6 Å². The smallest absolute Gasteiger partial charge is 0.250 e. The van der Waals surface area contributed by atoms with E-state index < -0.39 is 10.0 Å². The zero-order valence-electron chi connectivity index (χ0n) is 20.8. The van der Waals surface area contributed by atoms with Crippen molar-refractivity contribution in [2.45, 2.75) is 12.8 Å². The molecule has 9 nitrogen and oxygen atoms in total. The quantitative estimate of drug-likeness (QED) is 0.470. The van der Waals surface area contributed by atoms with Gasteiger partial charge in [-0.1, -0.05) is 6.07 Å². The van der Waals surface area contributed by atoms with E-state index in [1.165, 1.54) is 0 Å². The minimum atomic E-state index is -3.29. The van der Waals surface area contributed by atoms with Crippen molar-refractivity contribution >= 4 is 33.4 Å². The first-order chi connectivity index (χ1) is 17.3. The summed E-state index contributed by atoms with van der Waals surface area (Å²) in [4.78, 5) is 17.3. The summed E-state index contributed by atoms with van der Waals surface area (Å²) in [6, 6.07) is 13.1. The van der Waals surface area contributed by atoms with Gasteiger partial charge >= 0.3 is 0 Å². The van der Waals surface area contributed by atoms with E-state index in [0.29, 0.717) is 17.8 Å². The summed E-state index contributed by atoms with van der Waals surface area (Å²) in [5.74, 6) is 1.39. The fraction of sp³-hybridized carbons (Fsp3) is 0.423. The number of unbranched alkanes of at least 4 members (excludes halogenated alkanes) is 1. The van der Waals surface area contributed by atoms with Crippen LogP contribution in [0.25, 0.3) is 6.08 Å². The normalized spacial score (nSPS) is 15.9. The standard InChI is InChI=1S/C26H34N4O5S/c1-34-24-8-9-25-20(17-24)16-21(19-35-25)26(31)27-10-3-4-11-29-12-14-30(15-13-29)23-7-5-6-22(18-23)28-36(2,32)33/h5-9,16-18,28H,3-4,10-15,19H2,1-2H3,(H,27,31). The fourth-order valence-electron chi connectivity index (χ4n) is 4.40. The first kappa shape index (κ1) is 25.8. The van der Waals surface area contributed by atoms with E-state index in [9.17, 15) is 13.2 Å². The molecule has 0 unspecified atom stereocenters. The molecule has 1 amide bonds. The molecule has 0 spiro atoms. The molecule has 4 rings (SSSR count). The Morgan fingerprint density at radius 2 is 1.89 bits per heavy atom. The zero-order valence-corrected chi connectivity index (χ0v) is 21.6. The molecular formula is C26H34N4O5S. The topological polar surface area (TPSA) is 100 Å². The van der Waals surface area contributed by atoms with Crippen molar-refractivity contribution < 1.29 is 22.7 Å². The second-order valence-corrected chi connectivity index (χ2v) is 10.8. The number of anilines is 2. The number of ether oxygens (including phenoxy) is 2. The largest absolute Gasteiger partial charge is 0.497 e. The molecule has 0 saturated carbocycles. The van der Waals surface area contributed by atoms with Crippen LogP contribution in [0.3, 0.4) is 0 Å². The average Bonchev–Trinajstić information content (AvgIpc) is 2.87. The molecule has 2 N–H and O–H groups in total. The van der Waals surface area contributed by atoms with Crippen molar-refractivity contribution in [1.82, 2.24) is 10.2 Å². The number of fused-ring (bicyclic) bond motifs is 1. The third-order valence-electron chi connectivity index (χ3n) is 6.30. The SMILES string of the molecule is COc1ccc2c(c1)C=C(C(=O)NCCCCN1CCN(c3cccc(NS(C)(=O)=O)c3)CC1)CO2. The molecule has 2 heterocycles. The molecule has 2 aromatic rings. The average molecular weight is 515 g/mol. The molecular weight excluding hydrogens is 480 g/mol. The number of hydrogen-bond donors (Lipinski definition) is 2. The lowest BCUT2D eigenvalue weighted by molar-refractivity contribution is -0.117. The third-order valence-corrected chi connectivity index (χ3v) is 6.90. The minimum absolute atomic E-state index is 0.0929. The van der Waals surface area contributed by atoms with Crippen LogP contribution in [0, 0.1) is 0 Å². The fourth-order valence-corrected chi connectivity index (χ4v) is 4.95. The number of nitrogens with one attached hydrogen (secondary N) is 2. The number of methoxy groups -OCH3 is 1. The van der Waals surface area contributed by atoms with Crippen LogP contribution in [0.5, 0.6) is 11.5 Å². The Morgan fingerprint density at radius 3 is 2.64 bits per heavy atom. The number of piperazine rings is 1. The molecule has 2 aliphatic rings. The van der Waals surface area contributed by atoms with Crippen LogP contribution in [-0.4, -0.2) is 78.5 Å². The molecule has 194 valence electrons. The van der Waals surface area contributed by atoms with E-state index in [4.69, 9.17) is 9.47 Å². The van der Waals surface area contributed by atoms with Crippen molar-refractivity contribution in [2.24, 2.45) is 0 Å². The Morgan fingerprint density at radius 1 is 1.08 bits per heavy atom. The molecule has 36 heavy (non-hydrogen) atoms. The predicted octanol–water partition coefficient (Wildman–Crippen LogP) is 2.56. The second-order valence-electron chi connectivity index (χ2n) is 9.08. The van der Waals surface area contributed by atoms with Crippen molar-refractivity contribution in [3.63, 3.8) is 0 Å². The molecule has 0 bridgehead atoms. The molecule has 1 saturated heterocycles. The summed E-state index contributed by atoms with van der Waals surface area (Å²) < 4.78 is 36.5. The first-order valence-corrected chi connectivity index (χ1v) is 14.0. The Kier molecular flexibility index (Phi) is 8.37. The van der Waals surface area contributed by atoms with Crippen LogP contribution in [0.1, 0.15) is 18.4 Å². The van der Waals surface area contributed by atoms with Crippen LogP contribution in [0.4, 0.5) is 11.4 Å². The number of amides is 1. The van der Waals surface area contributed by atoms with Crippen molar-refractivity contribution in [3.05, 3.63) is 53.6 Å². The van der Waals surface area contributed by atoms with Crippen molar-refractivity contribution in [2.75, 3.05) is 68.9 Å². The lowest BCUT2D eigenvalue weighted by Crippen LogP contribution is -2.46. The highest BCUT2D eigenvalue weighted by molar-refractivity contribution is 7.92. The molecule has 2 aliphatic heterocycles. The zero-order chi connectivity index (χ0) is 25.5. The van der Waals surface area contributed by atoms with Gasteiger partial charge in [0.15, 0.2) is 0 Å². The van der Waals surface area contributed by atoms with Crippen LogP contribution in [0.2, 0.25) is 0 Å². The second kappa shape index (κ2) is 11.7. The predicted molar refractivity (Wildman–Crippen MR) is 142 cm³/mol. The Bertz CT molecular complexity index is 1210. The molecule has 1 fully saturated rings. The highest BCUT2D eigenvalue weighted by Crippen LogP contribution is 2.30. The maximum absolute atomic E-state index is 12.6. The highest BCUT2D eigenvalue weighted by Gasteiger charge is 2.19. The van der Waals surface area contributed by atoms with Crippen LogP contribution in [0.15, 0.2) is 48.0 Å². The number of carbonyl (C=O) groups is 1. The van der Waals surface area contributed by atoms with Gasteiger partial charge in [0, 0.05) is 44.0 Å². The number of sulfonamides is 1. The van der Waals surface area contributed by atoms with Gasteiger partial charge in [-0.05, 0) is 61.9 Å². The number of hydrogen-bond acceptors (Lipinski definition) is 7. The monoisotopic (exact) mass is 514 g/mol. The Balaban J connectivity index is 1.15.